The number of hydrogen-bond acceptors (Lipinski definition) is 3. The first-order chi connectivity index (χ1) is 13.5. The van der Waals surface area contributed by atoms with Crippen molar-refractivity contribution < 1.29 is 13.5 Å². The van der Waals surface area contributed by atoms with Gasteiger partial charge in [0, 0.05) is 49.5 Å². The highest BCUT2D eigenvalue weighted by Crippen LogP contribution is 2.24. The molecule has 1 aromatic heterocycles. The van der Waals surface area contributed by atoms with Crippen LogP contribution in [0.1, 0.15) is 18.4 Å². The molecule has 2 N–H and O–H groups in total. The van der Waals surface area contributed by atoms with E-state index in [-0.39, 0.29) is 41.8 Å². The lowest BCUT2D eigenvalue weighted by molar-refractivity contribution is -0.0504. The van der Waals surface area contributed by atoms with Gasteiger partial charge in [-0.2, -0.15) is 8.78 Å². The molecule has 0 aliphatic heterocycles. The van der Waals surface area contributed by atoms with Gasteiger partial charge in [0.15, 0.2) is 5.96 Å². The number of nitrogens with one attached hydrogen (secondary N) is 2. The molecule has 0 atom stereocenters. The maximum Gasteiger partial charge on any atom is 0.387 e. The van der Waals surface area contributed by atoms with Crippen LogP contribution in [0.4, 0.5) is 8.78 Å². The molecule has 10 heteroatoms. The van der Waals surface area contributed by atoms with Crippen molar-refractivity contribution in [3.05, 3.63) is 63.5 Å². The Bertz CT molecular complexity index is 849. The maximum absolute atomic E-state index is 12.5. The summed E-state index contributed by atoms with van der Waals surface area (Å²) in [7, 11) is 1.62. The number of aromatic nitrogens is 1. The number of halogens is 4. The number of aliphatic imine (C=N–C) groups is 1. The van der Waals surface area contributed by atoms with Crippen LogP contribution in [0.5, 0.6) is 5.75 Å². The molecule has 29 heavy (non-hydrogen) atoms. The Hall–Kier alpha value is -1.88. The lowest BCUT2D eigenvalue weighted by Gasteiger charge is -2.15. The number of nitrogens with zero attached hydrogens (tertiary/aromatic N) is 2. The minimum atomic E-state index is -2.91. The van der Waals surface area contributed by atoms with E-state index in [9.17, 15) is 13.6 Å². The molecular formula is C19H24ClF2IN4O2. The van der Waals surface area contributed by atoms with Crippen molar-refractivity contribution in [3.8, 4) is 5.75 Å². The highest BCUT2D eigenvalue weighted by atomic mass is 127. The number of rotatable bonds is 9. The molecule has 0 unspecified atom stereocenters. The Morgan fingerprint density at radius 1 is 1.24 bits per heavy atom. The molecule has 0 bridgehead atoms. The van der Waals surface area contributed by atoms with E-state index in [2.05, 4.69) is 20.4 Å². The van der Waals surface area contributed by atoms with Crippen LogP contribution in [0.2, 0.25) is 5.02 Å². The average Bonchev–Trinajstić information content (AvgIpc) is 2.67. The van der Waals surface area contributed by atoms with E-state index in [0.717, 1.165) is 12.8 Å². The Kier molecular flexibility index (Phi) is 11.6. The molecule has 0 aliphatic rings. The Labute approximate surface area is 190 Å². The fourth-order valence-corrected chi connectivity index (χ4v) is 2.75. The second-order valence-electron chi connectivity index (χ2n) is 5.92. The average molecular weight is 541 g/mol. The number of alkyl halides is 2. The second kappa shape index (κ2) is 13.4. The summed E-state index contributed by atoms with van der Waals surface area (Å²) in [6, 6.07) is 9.55. The van der Waals surface area contributed by atoms with Crippen molar-refractivity contribution in [1.82, 2.24) is 15.2 Å². The molecule has 2 rings (SSSR count). The van der Waals surface area contributed by atoms with Gasteiger partial charge in [0.05, 0.1) is 0 Å². The summed E-state index contributed by atoms with van der Waals surface area (Å²) < 4.78 is 31.2. The summed E-state index contributed by atoms with van der Waals surface area (Å²) in [6.07, 6.45) is 3.42. The second-order valence-corrected chi connectivity index (χ2v) is 6.36. The number of pyridine rings is 1. The first-order valence-corrected chi connectivity index (χ1v) is 9.20. The largest absolute Gasteiger partial charge is 0.434 e. The highest BCUT2D eigenvalue weighted by Gasteiger charge is 2.11. The fraction of sp³-hybridized carbons (Fsp3) is 0.368. The summed E-state index contributed by atoms with van der Waals surface area (Å²) in [5.74, 6) is 0.593. The smallest absolute Gasteiger partial charge is 0.387 e. The normalized spacial score (nSPS) is 11.1. The number of guanidine groups is 1. The standard InChI is InChI=1S/C19H23ClF2N4O2.HI/c1-23-19(24-9-3-5-11-26-10-4-2-6-17(26)27)25-13-14-12-15(20)7-8-16(14)28-18(21)22;/h2,4,6-8,10,12,18H,3,5,9,11,13H2,1H3,(H2,23,24,25);1H. The van der Waals surface area contributed by atoms with Crippen LogP contribution in [-0.2, 0) is 13.1 Å². The van der Waals surface area contributed by atoms with Crippen molar-refractivity contribution in [1.29, 1.82) is 0 Å². The van der Waals surface area contributed by atoms with E-state index < -0.39 is 6.61 Å². The number of ether oxygens (including phenoxy) is 1. The van der Waals surface area contributed by atoms with E-state index >= 15 is 0 Å². The summed E-state index contributed by atoms with van der Waals surface area (Å²) >= 11 is 5.94. The molecule has 1 heterocycles. The van der Waals surface area contributed by atoms with Gasteiger partial charge in [-0.05, 0) is 37.1 Å². The minimum Gasteiger partial charge on any atom is -0.434 e. The van der Waals surface area contributed by atoms with Crippen LogP contribution < -0.4 is 20.9 Å². The summed E-state index contributed by atoms with van der Waals surface area (Å²) in [4.78, 5) is 15.7. The third-order valence-corrected chi connectivity index (χ3v) is 4.16. The molecule has 2 aromatic rings. The molecular weight excluding hydrogens is 517 g/mol. The first-order valence-electron chi connectivity index (χ1n) is 8.83. The van der Waals surface area contributed by atoms with Crippen LogP contribution in [0.3, 0.4) is 0 Å². The monoisotopic (exact) mass is 540 g/mol. The number of unbranched alkanes of at least 4 members (excludes halogenated alkanes) is 1. The number of hydrogen-bond donors (Lipinski definition) is 2. The van der Waals surface area contributed by atoms with Crippen molar-refractivity contribution in [3.63, 3.8) is 0 Å². The fourth-order valence-electron chi connectivity index (χ4n) is 2.56. The van der Waals surface area contributed by atoms with Gasteiger partial charge in [-0.15, -0.1) is 24.0 Å². The molecule has 0 saturated heterocycles. The predicted octanol–water partition coefficient (Wildman–Crippen LogP) is 3.87. The van der Waals surface area contributed by atoms with Crippen LogP contribution in [0.15, 0.2) is 52.4 Å². The molecule has 0 aliphatic carbocycles. The molecule has 0 radical (unpaired) electrons. The third kappa shape index (κ3) is 8.99. The van der Waals surface area contributed by atoms with Gasteiger partial charge < -0.3 is 19.9 Å². The van der Waals surface area contributed by atoms with Crippen molar-refractivity contribution in [2.24, 2.45) is 4.99 Å². The van der Waals surface area contributed by atoms with Crippen molar-refractivity contribution in [2.45, 2.75) is 32.5 Å². The van der Waals surface area contributed by atoms with Crippen LogP contribution in [-0.4, -0.2) is 30.7 Å². The van der Waals surface area contributed by atoms with Gasteiger partial charge in [0.25, 0.3) is 0 Å². The first kappa shape index (κ1) is 25.2. The maximum atomic E-state index is 12.5. The Morgan fingerprint density at radius 2 is 2.03 bits per heavy atom. The summed E-state index contributed by atoms with van der Waals surface area (Å²) in [5.41, 5.74) is 0.482. The highest BCUT2D eigenvalue weighted by molar-refractivity contribution is 14.0. The lowest BCUT2D eigenvalue weighted by Crippen LogP contribution is -2.37. The number of benzene rings is 1. The SMILES string of the molecule is CN=C(NCCCCn1ccccc1=O)NCc1cc(Cl)ccc1OC(F)F.I. The van der Waals surface area contributed by atoms with Gasteiger partial charge in [-0.3, -0.25) is 9.79 Å². The van der Waals surface area contributed by atoms with Gasteiger partial charge >= 0.3 is 6.61 Å². The summed E-state index contributed by atoms with van der Waals surface area (Å²) in [6.45, 7) is -1.39. The zero-order valence-electron chi connectivity index (χ0n) is 15.9. The Balaban J connectivity index is 0.00000420. The molecule has 0 spiro atoms. The molecule has 1 aromatic carbocycles. The van der Waals surface area contributed by atoms with Crippen LogP contribution in [0.25, 0.3) is 0 Å². The van der Waals surface area contributed by atoms with Gasteiger partial charge in [0.2, 0.25) is 5.56 Å². The quantitative estimate of drug-likeness (QED) is 0.219. The van der Waals surface area contributed by atoms with E-state index in [1.54, 1.807) is 29.9 Å². The molecule has 0 saturated carbocycles. The molecule has 160 valence electrons. The van der Waals surface area contributed by atoms with E-state index in [0.29, 0.717) is 29.6 Å². The van der Waals surface area contributed by atoms with Gasteiger partial charge in [0.1, 0.15) is 5.75 Å². The topological polar surface area (TPSA) is 67.7 Å². The Morgan fingerprint density at radius 3 is 2.72 bits per heavy atom. The van der Waals surface area contributed by atoms with Crippen molar-refractivity contribution >= 4 is 41.5 Å². The van der Waals surface area contributed by atoms with Gasteiger partial charge in [-0.1, -0.05) is 17.7 Å². The number of aryl methyl sites for hydroxylation is 1. The minimum absolute atomic E-state index is 0. The summed E-state index contributed by atoms with van der Waals surface area (Å²) in [5, 5.41) is 6.62. The van der Waals surface area contributed by atoms with Crippen LogP contribution >= 0.6 is 35.6 Å². The van der Waals surface area contributed by atoms with E-state index in [1.165, 1.54) is 18.2 Å². The molecule has 6 nitrogen and oxygen atoms in total. The predicted molar refractivity (Wildman–Crippen MR) is 122 cm³/mol. The lowest BCUT2D eigenvalue weighted by atomic mass is 10.2. The van der Waals surface area contributed by atoms with E-state index in [4.69, 9.17) is 11.6 Å². The zero-order chi connectivity index (χ0) is 20.4. The zero-order valence-corrected chi connectivity index (χ0v) is 19.0. The van der Waals surface area contributed by atoms with Crippen molar-refractivity contribution in [2.75, 3.05) is 13.6 Å². The molecule has 0 amide bonds. The third-order valence-electron chi connectivity index (χ3n) is 3.93. The molecule has 0 fully saturated rings. The van der Waals surface area contributed by atoms with Crippen LogP contribution in [0, 0.1) is 0 Å². The van der Waals surface area contributed by atoms with Gasteiger partial charge in [-0.25, -0.2) is 0 Å². The van der Waals surface area contributed by atoms with E-state index in [1.807, 2.05) is 6.07 Å².